The van der Waals surface area contributed by atoms with Crippen molar-refractivity contribution in [1.82, 2.24) is 4.98 Å². The molecule has 0 aliphatic heterocycles. The quantitative estimate of drug-likeness (QED) is 0.629. The Hall–Kier alpha value is -1.62. The molecule has 0 aliphatic rings. The van der Waals surface area contributed by atoms with E-state index >= 15 is 0 Å². The zero-order valence-electron chi connectivity index (χ0n) is 9.14. The van der Waals surface area contributed by atoms with E-state index in [4.69, 9.17) is 16.9 Å². The largest absolute Gasteiger partial charge is 0.573 e. The van der Waals surface area contributed by atoms with Crippen LogP contribution in [0.2, 0.25) is 0 Å². The van der Waals surface area contributed by atoms with Gasteiger partial charge in [-0.3, -0.25) is 0 Å². The first kappa shape index (κ1) is 15.4. The molecule has 0 radical (unpaired) electrons. The van der Waals surface area contributed by atoms with Gasteiger partial charge in [-0.2, -0.15) is 5.26 Å². The number of alkyl halides is 6. The Morgan fingerprint density at radius 2 is 2.05 bits per heavy atom. The molecule has 9 heteroatoms. The fourth-order valence-corrected chi connectivity index (χ4v) is 1.47. The lowest BCUT2D eigenvalue weighted by Crippen LogP contribution is -2.20. The van der Waals surface area contributed by atoms with E-state index in [1.807, 2.05) is 0 Å². The van der Waals surface area contributed by atoms with Crippen LogP contribution in [0.25, 0.3) is 0 Å². The van der Waals surface area contributed by atoms with Crippen molar-refractivity contribution in [3.63, 3.8) is 0 Å². The van der Waals surface area contributed by atoms with Crippen molar-refractivity contribution >= 4 is 11.6 Å². The predicted molar refractivity (Wildman–Crippen MR) is 54.8 cm³/mol. The lowest BCUT2D eigenvalue weighted by atomic mass is 10.1. The molecule has 19 heavy (non-hydrogen) atoms. The monoisotopic (exact) mass is 300 g/mol. The fraction of sp³-hybridized carbons (Fsp3) is 0.400. The number of rotatable bonds is 4. The maximum absolute atomic E-state index is 12.7. The van der Waals surface area contributed by atoms with Gasteiger partial charge in [-0.15, -0.1) is 24.8 Å². The van der Waals surface area contributed by atoms with Crippen LogP contribution in [0, 0.1) is 11.3 Å². The van der Waals surface area contributed by atoms with Gasteiger partial charge in [0.05, 0.1) is 24.1 Å². The molecule has 1 heterocycles. The molecule has 0 aromatic carbocycles. The zero-order valence-corrected chi connectivity index (χ0v) is 9.90. The molecule has 1 aromatic rings. The summed E-state index contributed by atoms with van der Waals surface area (Å²) in [5.41, 5.74) is -1.57. The lowest BCUT2D eigenvalue weighted by molar-refractivity contribution is -0.275. The highest BCUT2D eigenvalue weighted by atomic mass is 35.5. The van der Waals surface area contributed by atoms with Crippen LogP contribution in [0.15, 0.2) is 6.07 Å². The van der Waals surface area contributed by atoms with Crippen LogP contribution < -0.4 is 4.74 Å². The highest BCUT2D eigenvalue weighted by Crippen LogP contribution is 2.35. The minimum Gasteiger partial charge on any atom is -0.403 e. The number of nitrogens with zero attached hydrogens (tertiary/aromatic N) is 2. The van der Waals surface area contributed by atoms with Gasteiger partial charge in [0.1, 0.15) is 5.69 Å². The molecule has 0 unspecified atom stereocenters. The molecule has 0 N–H and O–H groups in total. The number of halogens is 6. The van der Waals surface area contributed by atoms with E-state index in [1.54, 1.807) is 6.07 Å². The average molecular weight is 301 g/mol. The molecule has 0 saturated carbocycles. The standard InChI is InChI=1S/C10H6ClF5N2O/c11-4-6-3-5(1-2-17)8(19-10(14,15)16)7(18-6)9(12)13/h3,9H,1,4H2. The maximum atomic E-state index is 12.7. The van der Waals surface area contributed by atoms with Crippen LogP contribution in [0.4, 0.5) is 22.0 Å². The van der Waals surface area contributed by atoms with Crippen molar-refractivity contribution in [2.24, 2.45) is 0 Å². The molecule has 0 spiro atoms. The van der Waals surface area contributed by atoms with E-state index in [0.717, 1.165) is 6.07 Å². The molecule has 3 nitrogen and oxygen atoms in total. The molecule has 0 fully saturated rings. The van der Waals surface area contributed by atoms with Crippen LogP contribution in [-0.4, -0.2) is 11.3 Å². The minimum atomic E-state index is -5.15. The molecule has 1 rings (SSSR count). The Morgan fingerprint density at radius 1 is 1.42 bits per heavy atom. The summed E-state index contributed by atoms with van der Waals surface area (Å²) in [6.45, 7) is 0. The van der Waals surface area contributed by atoms with Crippen LogP contribution in [0.1, 0.15) is 23.4 Å². The third-order valence-electron chi connectivity index (χ3n) is 1.96. The van der Waals surface area contributed by atoms with E-state index in [9.17, 15) is 22.0 Å². The van der Waals surface area contributed by atoms with Gasteiger partial charge in [-0.1, -0.05) is 0 Å². The van der Waals surface area contributed by atoms with Crippen molar-refractivity contribution in [3.8, 4) is 11.8 Å². The van der Waals surface area contributed by atoms with Crippen molar-refractivity contribution in [2.75, 3.05) is 0 Å². The summed E-state index contributed by atoms with van der Waals surface area (Å²) in [5.74, 6) is -1.41. The summed E-state index contributed by atoms with van der Waals surface area (Å²) >= 11 is 5.41. The first-order valence-corrected chi connectivity index (χ1v) is 5.31. The van der Waals surface area contributed by atoms with E-state index in [-0.39, 0.29) is 17.1 Å². The number of aromatic nitrogens is 1. The molecule has 0 amide bonds. The van der Waals surface area contributed by atoms with Gasteiger partial charge < -0.3 is 4.74 Å². The van der Waals surface area contributed by atoms with E-state index in [2.05, 4.69) is 9.72 Å². The average Bonchev–Trinajstić information content (AvgIpc) is 2.29. The third-order valence-corrected chi connectivity index (χ3v) is 2.23. The summed E-state index contributed by atoms with van der Waals surface area (Å²) in [7, 11) is 0. The summed E-state index contributed by atoms with van der Waals surface area (Å²) in [6.07, 6.45) is -8.96. The van der Waals surface area contributed by atoms with Crippen molar-refractivity contribution in [1.29, 1.82) is 5.26 Å². The van der Waals surface area contributed by atoms with Crippen molar-refractivity contribution in [3.05, 3.63) is 23.0 Å². The SMILES string of the molecule is N#CCc1cc(CCl)nc(C(F)F)c1OC(F)(F)F. The summed E-state index contributed by atoms with van der Waals surface area (Å²) in [5, 5.41) is 8.51. The second kappa shape index (κ2) is 6.02. The smallest absolute Gasteiger partial charge is 0.403 e. The van der Waals surface area contributed by atoms with Gasteiger partial charge in [0.15, 0.2) is 5.75 Å². The summed E-state index contributed by atoms with van der Waals surface area (Å²) < 4.78 is 65.5. The third kappa shape index (κ3) is 4.21. The van der Waals surface area contributed by atoms with Gasteiger partial charge in [0.25, 0.3) is 6.43 Å². The van der Waals surface area contributed by atoms with E-state index in [0.29, 0.717) is 0 Å². The summed E-state index contributed by atoms with van der Waals surface area (Å²) in [4.78, 5) is 3.30. The van der Waals surface area contributed by atoms with Crippen LogP contribution in [-0.2, 0) is 12.3 Å². The summed E-state index contributed by atoms with van der Waals surface area (Å²) in [6, 6.07) is 2.60. The first-order valence-electron chi connectivity index (χ1n) is 4.78. The molecule has 0 saturated heterocycles. The van der Waals surface area contributed by atoms with Gasteiger partial charge in [-0.25, -0.2) is 13.8 Å². The first-order chi connectivity index (χ1) is 8.78. The van der Waals surface area contributed by atoms with Crippen molar-refractivity contribution in [2.45, 2.75) is 25.1 Å². The Kier molecular flexibility index (Phi) is 4.89. The molecular weight excluding hydrogens is 295 g/mol. The molecule has 0 bridgehead atoms. The fourth-order valence-electron chi connectivity index (χ4n) is 1.34. The number of pyridine rings is 1. The molecule has 0 atom stereocenters. The molecule has 0 aliphatic carbocycles. The molecular formula is C10H6ClF5N2O. The number of hydrogen-bond donors (Lipinski definition) is 0. The minimum absolute atomic E-state index is 0.0586. The highest BCUT2D eigenvalue weighted by Gasteiger charge is 2.35. The van der Waals surface area contributed by atoms with Crippen LogP contribution in [0.3, 0.4) is 0 Å². The Labute approximate surface area is 109 Å². The number of nitriles is 1. The van der Waals surface area contributed by atoms with Gasteiger partial charge in [-0.05, 0) is 6.07 Å². The Balaban J connectivity index is 3.41. The number of hydrogen-bond acceptors (Lipinski definition) is 3. The van der Waals surface area contributed by atoms with Gasteiger partial charge in [0, 0.05) is 5.56 Å². The topological polar surface area (TPSA) is 45.9 Å². The second-order valence-corrected chi connectivity index (χ2v) is 3.57. The number of ether oxygens (including phenoxy) is 1. The van der Waals surface area contributed by atoms with Crippen LogP contribution in [0.5, 0.6) is 5.75 Å². The predicted octanol–water partition coefficient (Wildman–Crippen LogP) is 3.72. The van der Waals surface area contributed by atoms with E-state index in [1.165, 1.54) is 0 Å². The maximum Gasteiger partial charge on any atom is 0.573 e. The highest BCUT2D eigenvalue weighted by molar-refractivity contribution is 6.16. The van der Waals surface area contributed by atoms with Crippen molar-refractivity contribution < 1.29 is 26.7 Å². The Bertz CT molecular complexity index is 498. The van der Waals surface area contributed by atoms with Gasteiger partial charge in [0.2, 0.25) is 0 Å². The lowest BCUT2D eigenvalue weighted by Gasteiger charge is -2.16. The molecule has 1 aromatic heterocycles. The van der Waals surface area contributed by atoms with E-state index < -0.39 is 30.7 Å². The van der Waals surface area contributed by atoms with Crippen LogP contribution >= 0.6 is 11.6 Å². The normalized spacial score (nSPS) is 11.5. The second-order valence-electron chi connectivity index (χ2n) is 3.30. The Morgan fingerprint density at radius 3 is 2.47 bits per heavy atom. The van der Waals surface area contributed by atoms with Gasteiger partial charge >= 0.3 is 6.36 Å². The zero-order chi connectivity index (χ0) is 14.6. The molecule has 104 valence electrons.